The lowest BCUT2D eigenvalue weighted by atomic mass is 10.1. The van der Waals surface area contributed by atoms with Crippen LogP contribution in [0.3, 0.4) is 0 Å². The zero-order chi connectivity index (χ0) is 19.2. The third kappa shape index (κ3) is 4.72. The SMILES string of the molecule is C[C@H](NC(=O)c1ccc(C(=O)NO)s1)c1ccc(Oc2ccccc2)cc1. The fourth-order valence-corrected chi connectivity index (χ4v) is 3.24. The van der Waals surface area contributed by atoms with E-state index in [2.05, 4.69) is 5.32 Å². The van der Waals surface area contributed by atoms with Crippen LogP contribution in [0.4, 0.5) is 0 Å². The van der Waals surface area contributed by atoms with E-state index in [4.69, 9.17) is 9.94 Å². The van der Waals surface area contributed by atoms with E-state index >= 15 is 0 Å². The molecule has 3 rings (SSSR count). The monoisotopic (exact) mass is 382 g/mol. The van der Waals surface area contributed by atoms with E-state index in [9.17, 15) is 9.59 Å². The van der Waals surface area contributed by atoms with Crippen LogP contribution in [0.1, 0.15) is 37.9 Å². The molecule has 1 aromatic heterocycles. The van der Waals surface area contributed by atoms with Gasteiger partial charge in [-0.15, -0.1) is 11.3 Å². The Morgan fingerprint density at radius 2 is 1.48 bits per heavy atom. The van der Waals surface area contributed by atoms with Gasteiger partial charge in [-0.05, 0) is 48.9 Å². The minimum atomic E-state index is -0.638. The number of nitrogens with one attached hydrogen (secondary N) is 2. The van der Waals surface area contributed by atoms with E-state index in [1.165, 1.54) is 6.07 Å². The van der Waals surface area contributed by atoms with Gasteiger partial charge in [-0.2, -0.15) is 0 Å². The average Bonchev–Trinajstić information content (AvgIpc) is 3.19. The van der Waals surface area contributed by atoms with Crippen molar-refractivity contribution in [1.82, 2.24) is 10.8 Å². The lowest BCUT2D eigenvalue weighted by Crippen LogP contribution is -2.25. The van der Waals surface area contributed by atoms with Gasteiger partial charge in [-0.25, -0.2) is 5.48 Å². The second-order valence-corrected chi connectivity index (χ2v) is 6.87. The van der Waals surface area contributed by atoms with Crippen molar-refractivity contribution in [3.8, 4) is 11.5 Å². The van der Waals surface area contributed by atoms with E-state index in [-0.39, 0.29) is 16.8 Å². The fourth-order valence-electron chi connectivity index (χ4n) is 2.44. The van der Waals surface area contributed by atoms with Crippen molar-refractivity contribution in [2.45, 2.75) is 13.0 Å². The van der Waals surface area contributed by atoms with Crippen molar-refractivity contribution in [2.75, 3.05) is 0 Å². The van der Waals surface area contributed by atoms with Crippen LogP contribution in [0, 0.1) is 0 Å². The maximum absolute atomic E-state index is 12.3. The number of carbonyl (C=O) groups excluding carboxylic acids is 2. The van der Waals surface area contributed by atoms with E-state index < -0.39 is 5.91 Å². The summed E-state index contributed by atoms with van der Waals surface area (Å²) in [6, 6.07) is 19.8. The lowest BCUT2D eigenvalue weighted by Gasteiger charge is -2.14. The Bertz CT molecular complexity index is 923. The van der Waals surface area contributed by atoms with Crippen molar-refractivity contribution < 1.29 is 19.5 Å². The molecule has 0 radical (unpaired) electrons. The van der Waals surface area contributed by atoms with Gasteiger partial charge in [-0.1, -0.05) is 30.3 Å². The first-order valence-corrected chi connectivity index (χ1v) is 9.06. The Morgan fingerprint density at radius 3 is 2.11 bits per heavy atom. The van der Waals surface area contributed by atoms with E-state index in [1.807, 2.05) is 61.5 Å². The summed E-state index contributed by atoms with van der Waals surface area (Å²) >= 11 is 1.01. The highest BCUT2D eigenvalue weighted by molar-refractivity contribution is 7.15. The molecule has 1 atom stereocenters. The number of rotatable bonds is 6. The molecule has 0 bridgehead atoms. The van der Waals surface area contributed by atoms with Gasteiger partial charge >= 0.3 is 0 Å². The fraction of sp³-hybridized carbons (Fsp3) is 0.100. The molecule has 2 aromatic carbocycles. The molecule has 0 unspecified atom stereocenters. The van der Waals surface area contributed by atoms with Gasteiger partial charge in [-0.3, -0.25) is 14.8 Å². The van der Waals surface area contributed by atoms with Gasteiger partial charge in [0.15, 0.2) is 0 Å². The number of amides is 2. The molecular formula is C20H18N2O4S. The molecule has 1 heterocycles. The molecule has 0 aliphatic heterocycles. The maximum Gasteiger partial charge on any atom is 0.284 e. The van der Waals surface area contributed by atoms with Gasteiger partial charge in [0.05, 0.1) is 15.8 Å². The van der Waals surface area contributed by atoms with Gasteiger partial charge in [0, 0.05) is 0 Å². The summed E-state index contributed by atoms with van der Waals surface area (Å²) in [6.07, 6.45) is 0. The van der Waals surface area contributed by atoms with Crippen LogP contribution >= 0.6 is 11.3 Å². The third-order valence-corrected chi connectivity index (χ3v) is 4.94. The Hall–Kier alpha value is -3.16. The molecule has 27 heavy (non-hydrogen) atoms. The van der Waals surface area contributed by atoms with E-state index in [0.717, 1.165) is 22.6 Å². The zero-order valence-corrected chi connectivity index (χ0v) is 15.3. The minimum absolute atomic E-state index is 0.222. The van der Waals surface area contributed by atoms with Crippen molar-refractivity contribution in [3.63, 3.8) is 0 Å². The predicted octanol–water partition coefficient (Wildman–Crippen LogP) is 4.15. The molecule has 0 saturated heterocycles. The molecule has 0 aliphatic rings. The number of ether oxygens (including phenoxy) is 1. The topological polar surface area (TPSA) is 87.7 Å². The molecule has 3 N–H and O–H groups in total. The quantitative estimate of drug-likeness (QED) is 0.441. The number of hydrogen-bond acceptors (Lipinski definition) is 5. The smallest absolute Gasteiger partial charge is 0.284 e. The first kappa shape index (κ1) is 18.6. The summed E-state index contributed by atoms with van der Waals surface area (Å²) in [7, 11) is 0. The second kappa shape index (κ2) is 8.48. The Morgan fingerprint density at radius 1 is 0.889 bits per heavy atom. The highest BCUT2D eigenvalue weighted by Gasteiger charge is 2.16. The van der Waals surface area contributed by atoms with Gasteiger partial charge in [0.1, 0.15) is 11.5 Å². The van der Waals surface area contributed by atoms with Gasteiger partial charge < -0.3 is 10.1 Å². The standard InChI is InChI=1S/C20H18N2O4S/c1-13(21-19(23)17-11-12-18(27-17)20(24)22-25)14-7-9-16(10-8-14)26-15-5-3-2-4-6-15/h2-13,25H,1H3,(H,21,23)(H,22,24)/t13-/m0/s1. The number of para-hydroxylation sites is 1. The molecule has 138 valence electrons. The molecule has 2 amide bonds. The van der Waals surface area contributed by atoms with Crippen LogP contribution < -0.4 is 15.5 Å². The molecule has 0 spiro atoms. The van der Waals surface area contributed by atoms with Crippen LogP contribution in [-0.2, 0) is 0 Å². The molecule has 0 saturated carbocycles. The van der Waals surface area contributed by atoms with Crippen LogP contribution in [0.5, 0.6) is 11.5 Å². The zero-order valence-electron chi connectivity index (χ0n) is 14.5. The van der Waals surface area contributed by atoms with E-state index in [0.29, 0.717) is 10.6 Å². The molecule has 0 fully saturated rings. The van der Waals surface area contributed by atoms with Crippen LogP contribution in [0.25, 0.3) is 0 Å². The van der Waals surface area contributed by atoms with Gasteiger partial charge in [0.25, 0.3) is 11.8 Å². The molecule has 0 aliphatic carbocycles. The minimum Gasteiger partial charge on any atom is -0.457 e. The Kier molecular flexibility index (Phi) is 5.85. The number of carbonyl (C=O) groups is 2. The van der Waals surface area contributed by atoms with Crippen molar-refractivity contribution in [2.24, 2.45) is 0 Å². The van der Waals surface area contributed by atoms with Gasteiger partial charge in [0.2, 0.25) is 0 Å². The summed E-state index contributed by atoms with van der Waals surface area (Å²) in [5.74, 6) is 0.545. The number of thiophene rings is 1. The summed E-state index contributed by atoms with van der Waals surface area (Å²) in [4.78, 5) is 24.4. The first-order valence-electron chi connectivity index (χ1n) is 8.25. The maximum atomic E-state index is 12.3. The van der Waals surface area contributed by atoms with Crippen molar-refractivity contribution in [1.29, 1.82) is 0 Å². The van der Waals surface area contributed by atoms with E-state index in [1.54, 1.807) is 11.5 Å². The van der Waals surface area contributed by atoms with Crippen molar-refractivity contribution >= 4 is 23.2 Å². The van der Waals surface area contributed by atoms with Crippen LogP contribution in [0.2, 0.25) is 0 Å². The third-order valence-electron chi connectivity index (χ3n) is 3.86. The van der Waals surface area contributed by atoms with Crippen LogP contribution in [-0.4, -0.2) is 17.0 Å². The van der Waals surface area contributed by atoms with Crippen LogP contribution in [0.15, 0.2) is 66.7 Å². The molecular weight excluding hydrogens is 364 g/mol. The van der Waals surface area contributed by atoms with Crippen molar-refractivity contribution in [3.05, 3.63) is 82.0 Å². The largest absolute Gasteiger partial charge is 0.457 e. The average molecular weight is 382 g/mol. The number of hydrogen-bond donors (Lipinski definition) is 3. The normalized spacial score (nSPS) is 11.5. The summed E-state index contributed by atoms with van der Waals surface area (Å²) in [5.41, 5.74) is 2.48. The molecule has 6 nitrogen and oxygen atoms in total. The number of hydroxylamine groups is 1. The molecule has 3 aromatic rings. The number of benzene rings is 2. The molecule has 7 heteroatoms. The second-order valence-electron chi connectivity index (χ2n) is 5.78. The highest BCUT2D eigenvalue weighted by Crippen LogP contribution is 2.24. The Labute approximate surface area is 160 Å². The predicted molar refractivity (Wildman–Crippen MR) is 102 cm³/mol. The lowest BCUT2D eigenvalue weighted by molar-refractivity contribution is 0.0711. The summed E-state index contributed by atoms with van der Waals surface area (Å²) in [6.45, 7) is 1.87. The summed E-state index contributed by atoms with van der Waals surface area (Å²) in [5, 5.41) is 11.5. The highest BCUT2D eigenvalue weighted by atomic mass is 32.1. The summed E-state index contributed by atoms with van der Waals surface area (Å²) < 4.78 is 5.76. The first-order chi connectivity index (χ1) is 13.1. The Balaban J connectivity index is 1.62.